The fourth-order valence-corrected chi connectivity index (χ4v) is 2.72. The third kappa shape index (κ3) is 4.52. The minimum absolute atomic E-state index is 0.0413. The van der Waals surface area contributed by atoms with Crippen LogP contribution < -0.4 is 0 Å². The van der Waals surface area contributed by atoms with Gasteiger partial charge in [-0.25, -0.2) is 0 Å². The molecule has 0 spiro atoms. The van der Waals surface area contributed by atoms with Crippen LogP contribution in [-0.2, 0) is 9.47 Å². The fourth-order valence-electron chi connectivity index (χ4n) is 2.72. The van der Waals surface area contributed by atoms with E-state index in [0.29, 0.717) is 13.2 Å². The van der Waals surface area contributed by atoms with Gasteiger partial charge in [0.15, 0.2) is 0 Å². The second kappa shape index (κ2) is 7.23. The molecule has 1 N–H and O–H groups in total. The first-order chi connectivity index (χ1) is 9.66. The number of likely N-dealkylation sites (N-methyl/N-ethyl adjacent to an activating group) is 1. The molecule has 1 aliphatic heterocycles. The van der Waals surface area contributed by atoms with Crippen molar-refractivity contribution in [2.24, 2.45) is 5.92 Å². The molecule has 124 valence electrons. The maximum atomic E-state index is 9.41. The lowest BCUT2D eigenvalue weighted by molar-refractivity contribution is -0.145. The van der Waals surface area contributed by atoms with E-state index in [1.165, 1.54) is 0 Å². The van der Waals surface area contributed by atoms with Crippen LogP contribution >= 0.6 is 0 Å². The molecule has 0 radical (unpaired) electrons. The van der Waals surface area contributed by atoms with E-state index in [-0.39, 0.29) is 24.2 Å². The van der Waals surface area contributed by atoms with Crippen molar-refractivity contribution in [2.45, 2.75) is 58.8 Å². The fraction of sp³-hybridized carbons (Fsp3) is 0.882. The Balaban J connectivity index is 2.70. The van der Waals surface area contributed by atoms with Gasteiger partial charge in [0.1, 0.15) is 0 Å². The van der Waals surface area contributed by atoms with Crippen molar-refractivity contribution < 1.29 is 14.6 Å². The average Bonchev–Trinajstić information content (AvgIpc) is 2.43. The van der Waals surface area contributed by atoms with E-state index < -0.39 is 5.60 Å². The highest BCUT2D eigenvalue weighted by Gasteiger charge is 2.37. The van der Waals surface area contributed by atoms with Gasteiger partial charge in [-0.05, 0) is 38.8 Å². The van der Waals surface area contributed by atoms with Gasteiger partial charge in [0.25, 0.3) is 0 Å². The predicted molar refractivity (Wildman–Crippen MR) is 86.5 cm³/mol. The van der Waals surface area contributed by atoms with Crippen LogP contribution in [-0.4, -0.2) is 60.2 Å². The molecule has 4 heteroatoms. The van der Waals surface area contributed by atoms with Crippen molar-refractivity contribution in [3.05, 3.63) is 12.2 Å². The smallest absolute Gasteiger partial charge is 0.0906 e. The Morgan fingerprint density at radius 2 is 2.14 bits per heavy atom. The van der Waals surface area contributed by atoms with Crippen molar-refractivity contribution >= 4 is 0 Å². The van der Waals surface area contributed by atoms with E-state index in [1.807, 2.05) is 6.92 Å². The quantitative estimate of drug-likeness (QED) is 0.733. The molecular weight excluding hydrogens is 266 g/mol. The number of hydrogen-bond acceptors (Lipinski definition) is 4. The van der Waals surface area contributed by atoms with Gasteiger partial charge in [0.2, 0.25) is 0 Å². The predicted octanol–water partition coefficient (Wildman–Crippen LogP) is 2.47. The van der Waals surface area contributed by atoms with E-state index in [4.69, 9.17) is 9.47 Å². The lowest BCUT2D eigenvalue weighted by atomic mass is 9.85. The highest BCUT2D eigenvalue weighted by atomic mass is 16.5. The van der Waals surface area contributed by atoms with E-state index in [0.717, 1.165) is 18.7 Å². The zero-order valence-corrected chi connectivity index (χ0v) is 14.6. The van der Waals surface area contributed by atoms with Crippen LogP contribution in [0.5, 0.6) is 0 Å². The summed E-state index contributed by atoms with van der Waals surface area (Å²) in [5.74, 6) is 0.258. The van der Waals surface area contributed by atoms with Crippen molar-refractivity contribution in [1.29, 1.82) is 0 Å². The zero-order chi connectivity index (χ0) is 16.3. The summed E-state index contributed by atoms with van der Waals surface area (Å²) in [6.07, 6.45) is 0. The van der Waals surface area contributed by atoms with Crippen LogP contribution in [0.1, 0.15) is 41.5 Å². The largest absolute Gasteiger partial charge is 0.392 e. The lowest BCUT2D eigenvalue weighted by Crippen LogP contribution is -2.56. The number of rotatable bonds is 7. The Hall–Kier alpha value is -0.420. The molecule has 1 aliphatic rings. The first kappa shape index (κ1) is 18.6. The van der Waals surface area contributed by atoms with Crippen molar-refractivity contribution in [3.8, 4) is 0 Å². The van der Waals surface area contributed by atoms with Crippen molar-refractivity contribution in [1.82, 2.24) is 4.90 Å². The van der Waals surface area contributed by atoms with Gasteiger partial charge in [-0.1, -0.05) is 27.4 Å². The van der Waals surface area contributed by atoms with Gasteiger partial charge in [-0.15, -0.1) is 0 Å². The minimum Gasteiger partial charge on any atom is -0.392 e. The van der Waals surface area contributed by atoms with Gasteiger partial charge < -0.3 is 14.6 Å². The highest BCUT2D eigenvalue weighted by Crippen LogP contribution is 2.30. The number of aliphatic hydroxyl groups is 1. The molecule has 0 amide bonds. The van der Waals surface area contributed by atoms with Crippen LogP contribution in [0.3, 0.4) is 0 Å². The van der Waals surface area contributed by atoms with Gasteiger partial charge >= 0.3 is 0 Å². The Labute approximate surface area is 130 Å². The maximum absolute atomic E-state index is 9.41. The molecule has 0 aromatic rings. The molecule has 2 unspecified atom stereocenters. The highest BCUT2D eigenvalue weighted by molar-refractivity contribution is 5.13. The molecule has 4 nitrogen and oxygen atoms in total. The van der Waals surface area contributed by atoms with Crippen LogP contribution in [0.4, 0.5) is 0 Å². The standard InChI is InChI=1S/C17H33NO3/c1-8-18-12-16(5,6)20-10-15(18)11-21-17(7,13(2)3)14(4)9-19/h13,15,19H,4,8-12H2,1-3,5-7H3. The Morgan fingerprint density at radius 3 is 2.62 bits per heavy atom. The first-order valence-electron chi connectivity index (χ1n) is 7.97. The molecular formula is C17H33NO3. The van der Waals surface area contributed by atoms with E-state index in [1.54, 1.807) is 0 Å². The molecule has 0 saturated carbocycles. The topological polar surface area (TPSA) is 41.9 Å². The Bertz CT molecular complexity index is 354. The van der Waals surface area contributed by atoms with Crippen LogP contribution in [0.25, 0.3) is 0 Å². The zero-order valence-electron chi connectivity index (χ0n) is 14.6. The summed E-state index contributed by atoms with van der Waals surface area (Å²) in [5, 5.41) is 9.41. The summed E-state index contributed by atoms with van der Waals surface area (Å²) in [4.78, 5) is 2.41. The molecule has 0 aromatic carbocycles. The Kier molecular flexibility index (Phi) is 6.41. The number of morpholine rings is 1. The van der Waals surface area contributed by atoms with Crippen LogP contribution in [0, 0.1) is 5.92 Å². The Morgan fingerprint density at radius 1 is 1.52 bits per heavy atom. The third-order valence-electron chi connectivity index (χ3n) is 4.74. The van der Waals surface area contributed by atoms with Crippen molar-refractivity contribution in [2.75, 3.05) is 32.9 Å². The second-order valence-corrected chi connectivity index (χ2v) is 7.12. The van der Waals surface area contributed by atoms with E-state index in [2.05, 4.69) is 46.1 Å². The van der Waals surface area contributed by atoms with Gasteiger partial charge in [-0.2, -0.15) is 0 Å². The molecule has 1 saturated heterocycles. The molecule has 0 aromatic heterocycles. The van der Waals surface area contributed by atoms with Crippen LogP contribution in [0.2, 0.25) is 0 Å². The first-order valence-corrected chi connectivity index (χ1v) is 7.97. The number of aliphatic hydroxyl groups excluding tert-OH is 1. The molecule has 1 rings (SSSR count). The number of hydrogen-bond donors (Lipinski definition) is 1. The molecule has 1 fully saturated rings. The average molecular weight is 299 g/mol. The van der Waals surface area contributed by atoms with E-state index in [9.17, 15) is 5.11 Å². The monoisotopic (exact) mass is 299 g/mol. The number of nitrogens with zero attached hydrogens (tertiary/aromatic N) is 1. The summed E-state index contributed by atoms with van der Waals surface area (Å²) < 4.78 is 12.1. The van der Waals surface area contributed by atoms with Gasteiger partial charge in [-0.3, -0.25) is 4.90 Å². The van der Waals surface area contributed by atoms with E-state index >= 15 is 0 Å². The van der Waals surface area contributed by atoms with Crippen molar-refractivity contribution in [3.63, 3.8) is 0 Å². The summed E-state index contributed by atoms with van der Waals surface area (Å²) in [6.45, 7) is 19.7. The lowest BCUT2D eigenvalue weighted by Gasteiger charge is -2.45. The maximum Gasteiger partial charge on any atom is 0.0906 e. The molecule has 21 heavy (non-hydrogen) atoms. The third-order valence-corrected chi connectivity index (χ3v) is 4.74. The molecule has 0 aliphatic carbocycles. The molecule has 1 heterocycles. The van der Waals surface area contributed by atoms with Crippen LogP contribution in [0.15, 0.2) is 12.2 Å². The SMILES string of the molecule is C=C(CO)C(C)(OCC1COC(C)(C)CN1CC)C(C)C. The van der Waals surface area contributed by atoms with Gasteiger partial charge in [0.05, 0.1) is 37.1 Å². The minimum atomic E-state index is -0.499. The molecule has 0 bridgehead atoms. The number of ether oxygens (including phenoxy) is 2. The summed E-state index contributed by atoms with van der Waals surface area (Å²) >= 11 is 0. The van der Waals surface area contributed by atoms with Gasteiger partial charge in [0, 0.05) is 6.54 Å². The normalized spacial score (nSPS) is 25.8. The summed E-state index contributed by atoms with van der Waals surface area (Å²) in [6, 6.07) is 0.257. The second-order valence-electron chi connectivity index (χ2n) is 7.12. The molecule has 2 atom stereocenters. The summed E-state index contributed by atoms with van der Waals surface area (Å²) in [5.41, 5.74) is 0.140. The summed E-state index contributed by atoms with van der Waals surface area (Å²) in [7, 11) is 0.